The summed E-state index contributed by atoms with van der Waals surface area (Å²) in [6.45, 7) is 1.72. The average Bonchev–Trinajstić information content (AvgIpc) is 2.90. The van der Waals surface area contributed by atoms with Crippen LogP contribution in [0.2, 0.25) is 0 Å². The molecule has 0 aliphatic carbocycles. The molecule has 1 aromatic rings. The van der Waals surface area contributed by atoms with Gasteiger partial charge < -0.3 is 9.80 Å². The van der Waals surface area contributed by atoms with Crippen molar-refractivity contribution in [2.24, 2.45) is 0 Å². The Bertz CT molecular complexity index is 468. The highest BCUT2D eigenvalue weighted by atomic mass is 32.1. The molecule has 0 amide bonds. The summed E-state index contributed by atoms with van der Waals surface area (Å²) in [5.41, 5.74) is 0. The fourth-order valence-electron chi connectivity index (χ4n) is 1.66. The highest BCUT2D eigenvalue weighted by Gasteiger charge is 2.14. The third kappa shape index (κ3) is 2.14. The number of aromatic nitrogens is 2. The standard InChI is InChI=1S/C12H12N4S/c1-3-7-15(8-4-1)11-13-14-12(17-11)16-9-5-2-6-10-16/h1-7,9H,8,10H2. The van der Waals surface area contributed by atoms with Crippen molar-refractivity contribution in [1.29, 1.82) is 0 Å². The van der Waals surface area contributed by atoms with Crippen LogP contribution in [-0.2, 0) is 0 Å². The Labute approximate surface area is 104 Å². The largest absolute Gasteiger partial charge is 0.319 e. The predicted octanol–water partition coefficient (Wildman–Crippen LogP) is 2.32. The van der Waals surface area contributed by atoms with Crippen molar-refractivity contribution in [1.82, 2.24) is 10.2 Å². The van der Waals surface area contributed by atoms with Gasteiger partial charge in [-0.25, -0.2) is 0 Å². The van der Waals surface area contributed by atoms with Gasteiger partial charge in [-0.05, 0) is 12.2 Å². The Morgan fingerprint density at radius 2 is 1.35 bits per heavy atom. The van der Waals surface area contributed by atoms with E-state index in [0.717, 1.165) is 23.4 Å². The Kier molecular flexibility index (Phi) is 2.75. The summed E-state index contributed by atoms with van der Waals surface area (Å²) < 4.78 is 0. The first-order chi connectivity index (χ1) is 8.43. The highest BCUT2D eigenvalue weighted by Crippen LogP contribution is 2.28. The summed E-state index contributed by atoms with van der Waals surface area (Å²) in [6.07, 6.45) is 16.3. The molecule has 4 nitrogen and oxygen atoms in total. The number of nitrogens with zero attached hydrogens (tertiary/aromatic N) is 4. The normalized spacial score (nSPS) is 18.1. The number of rotatable bonds is 2. The molecule has 0 aromatic carbocycles. The molecule has 1 aromatic heterocycles. The van der Waals surface area contributed by atoms with Gasteiger partial charge >= 0.3 is 0 Å². The van der Waals surface area contributed by atoms with Gasteiger partial charge in [-0.15, -0.1) is 10.2 Å². The predicted molar refractivity (Wildman–Crippen MR) is 71.2 cm³/mol. The Balaban J connectivity index is 1.78. The first-order valence-electron chi connectivity index (χ1n) is 5.47. The summed E-state index contributed by atoms with van der Waals surface area (Å²) >= 11 is 1.61. The van der Waals surface area contributed by atoms with Crippen molar-refractivity contribution >= 4 is 21.6 Å². The molecule has 2 aliphatic rings. The van der Waals surface area contributed by atoms with Crippen LogP contribution >= 0.6 is 11.3 Å². The lowest BCUT2D eigenvalue weighted by atomic mass is 10.4. The van der Waals surface area contributed by atoms with E-state index in [9.17, 15) is 0 Å². The van der Waals surface area contributed by atoms with E-state index in [2.05, 4.69) is 32.1 Å². The van der Waals surface area contributed by atoms with Gasteiger partial charge in [0.25, 0.3) is 0 Å². The average molecular weight is 244 g/mol. The summed E-state index contributed by atoms with van der Waals surface area (Å²) in [6, 6.07) is 0. The van der Waals surface area contributed by atoms with Gasteiger partial charge in [0.2, 0.25) is 10.3 Å². The second-order valence-corrected chi connectivity index (χ2v) is 4.65. The van der Waals surface area contributed by atoms with E-state index < -0.39 is 0 Å². The van der Waals surface area contributed by atoms with E-state index in [1.165, 1.54) is 0 Å². The van der Waals surface area contributed by atoms with Gasteiger partial charge in [-0.1, -0.05) is 35.6 Å². The van der Waals surface area contributed by atoms with Crippen LogP contribution in [0.3, 0.4) is 0 Å². The number of allylic oxidation sites excluding steroid dienone is 4. The lowest BCUT2D eigenvalue weighted by Gasteiger charge is -2.17. The molecule has 0 N–H and O–H groups in total. The Morgan fingerprint density at radius 1 is 0.824 bits per heavy atom. The quantitative estimate of drug-likeness (QED) is 0.799. The third-order valence-corrected chi connectivity index (χ3v) is 3.52. The smallest absolute Gasteiger partial charge is 0.214 e. The second-order valence-electron chi connectivity index (χ2n) is 3.71. The van der Waals surface area contributed by atoms with E-state index in [1.807, 2.05) is 36.7 Å². The van der Waals surface area contributed by atoms with Gasteiger partial charge in [0.1, 0.15) is 0 Å². The van der Waals surface area contributed by atoms with E-state index in [4.69, 9.17) is 0 Å². The minimum Gasteiger partial charge on any atom is -0.319 e. The first kappa shape index (κ1) is 10.3. The van der Waals surface area contributed by atoms with Crippen LogP contribution in [0.4, 0.5) is 10.3 Å². The van der Waals surface area contributed by atoms with Crippen molar-refractivity contribution in [2.45, 2.75) is 0 Å². The molecule has 0 radical (unpaired) electrons. The van der Waals surface area contributed by atoms with Crippen LogP contribution in [0.5, 0.6) is 0 Å². The van der Waals surface area contributed by atoms with E-state index >= 15 is 0 Å². The molecule has 86 valence electrons. The molecule has 0 fully saturated rings. The van der Waals surface area contributed by atoms with Crippen LogP contribution in [0, 0.1) is 0 Å². The van der Waals surface area contributed by atoms with Crippen LogP contribution in [0.25, 0.3) is 0 Å². The molecule has 3 heterocycles. The number of anilines is 2. The van der Waals surface area contributed by atoms with Crippen molar-refractivity contribution in [3.8, 4) is 0 Å². The molecule has 0 saturated heterocycles. The molecule has 17 heavy (non-hydrogen) atoms. The van der Waals surface area contributed by atoms with E-state index in [-0.39, 0.29) is 0 Å². The summed E-state index contributed by atoms with van der Waals surface area (Å²) in [4.78, 5) is 4.18. The Hall–Kier alpha value is -1.88. The second kappa shape index (κ2) is 4.55. The number of hydrogen-bond acceptors (Lipinski definition) is 5. The van der Waals surface area contributed by atoms with Gasteiger partial charge in [0.15, 0.2) is 0 Å². The van der Waals surface area contributed by atoms with Crippen LogP contribution in [0.15, 0.2) is 48.9 Å². The molecular formula is C12H12N4S. The SMILES string of the molecule is C1=CCN(c2nnc(N3C=CC=CC3)s2)C=C1. The van der Waals surface area contributed by atoms with E-state index in [1.54, 1.807) is 11.3 Å². The van der Waals surface area contributed by atoms with Crippen LogP contribution < -0.4 is 9.80 Å². The summed E-state index contributed by atoms with van der Waals surface area (Å²) in [5, 5.41) is 10.3. The van der Waals surface area contributed by atoms with Crippen molar-refractivity contribution in [3.63, 3.8) is 0 Å². The highest BCUT2D eigenvalue weighted by molar-refractivity contribution is 7.19. The summed E-state index contributed by atoms with van der Waals surface area (Å²) in [5.74, 6) is 0. The van der Waals surface area contributed by atoms with Gasteiger partial charge in [-0.2, -0.15) is 0 Å². The molecule has 3 rings (SSSR count). The topological polar surface area (TPSA) is 32.3 Å². The van der Waals surface area contributed by atoms with Crippen molar-refractivity contribution < 1.29 is 0 Å². The Morgan fingerprint density at radius 3 is 1.76 bits per heavy atom. The van der Waals surface area contributed by atoms with Crippen molar-refractivity contribution in [2.75, 3.05) is 22.9 Å². The van der Waals surface area contributed by atoms with E-state index in [0.29, 0.717) is 0 Å². The molecular weight excluding hydrogens is 232 g/mol. The van der Waals surface area contributed by atoms with Gasteiger partial charge in [-0.3, -0.25) is 0 Å². The lowest BCUT2D eigenvalue weighted by molar-refractivity contribution is 0.966. The zero-order valence-electron chi connectivity index (χ0n) is 9.23. The first-order valence-corrected chi connectivity index (χ1v) is 6.28. The van der Waals surface area contributed by atoms with Crippen molar-refractivity contribution in [3.05, 3.63) is 48.9 Å². The molecule has 0 atom stereocenters. The number of hydrogen-bond donors (Lipinski definition) is 0. The van der Waals surface area contributed by atoms with Gasteiger partial charge in [0.05, 0.1) is 0 Å². The minimum atomic E-state index is 0.862. The lowest BCUT2D eigenvalue weighted by Crippen LogP contribution is -2.17. The molecule has 0 spiro atoms. The summed E-state index contributed by atoms with van der Waals surface area (Å²) in [7, 11) is 0. The zero-order chi connectivity index (χ0) is 11.5. The maximum atomic E-state index is 4.22. The fourth-order valence-corrected chi connectivity index (χ4v) is 2.49. The third-order valence-electron chi connectivity index (χ3n) is 2.53. The molecule has 0 unspecified atom stereocenters. The fraction of sp³-hybridized carbons (Fsp3) is 0.167. The monoisotopic (exact) mass is 244 g/mol. The molecule has 5 heteroatoms. The maximum Gasteiger partial charge on any atom is 0.214 e. The molecule has 2 aliphatic heterocycles. The van der Waals surface area contributed by atoms with Gasteiger partial charge in [0, 0.05) is 25.5 Å². The van der Waals surface area contributed by atoms with Crippen LogP contribution in [0.1, 0.15) is 0 Å². The molecule has 0 saturated carbocycles. The van der Waals surface area contributed by atoms with Crippen LogP contribution in [-0.4, -0.2) is 23.3 Å². The maximum absolute atomic E-state index is 4.22. The minimum absolute atomic E-state index is 0.862. The molecule has 0 bridgehead atoms. The zero-order valence-corrected chi connectivity index (χ0v) is 10.0.